The van der Waals surface area contributed by atoms with Crippen LogP contribution in [-0.2, 0) is 10.0 Å². The molecule has 8 heteroatoms. The second-order valence-corrected chi connectivity index (χ2v) is 8.03. The molecular weight excluding hydrogens is 362 g/mol. The molecule has 0 radical (unpaired) electrons. The fraction of sp³-hybridized carbons (Fsp3) is 0.211. The molecule has 1 aliphatic heterocycles. The highest BCUT2D eigenvalue weighted by Gasteiger charge is 2.16. The fourth-order valence-electron chi connectivity index (χ4n) is 3.06. The molecule has 7 nitrogen and oxygen atoms in total. The van der Waals surface area contributed by atoms with Gasteiger partial charge in [-0.05, 0) is 49.2 Å². The maximum absolute atomic E-state index is 12.5. The Hall–Kier alpha value is -3.00. The Morgan fingerprint density at radius 1 is 0.963 bits per heavy atom. The molecule has 0 aliphatic carbocycles. The first kappa shape index (κ1) is 17.4. The van der Waals surface area contributed by atoms with Crippen molar-refractivity contribution in [1.29, 1.82) is 0 Å². The molecule has 27 heavy (non-hydrogen) atoms. The summed E-state index contributed by atoms with van der Waals surface area (Å²) in [5, 5.41) is 8.63. The zero-order chi connectivity index (χ0) is 18.7. The molecule has 0 spiro atoms. The van der Waals surface area contributed by atoms with Crippen LogP contribution in [0.2, 0.25) is 0 Å². The summed E-state index contributed by atoms with van der Waals surface area (Å²) in [6, 6.07) is 14.1. The minimum Gasteiger partial charge on any atom is -0.355 e. The van der Waals surface area contributed by atoms with Crippen LogP contribution >= 0.6 is 0 Å². The van der Waals surface area contributed by atoms with E-state index in [1.54, 1.807) is 24.3 Å². The summed E-state index contributed by atoms with van der Waals surface area (Å²) >= 11 is 0. The number of sulfonamides is 1. The van der Waals surface area contributed by atoms with E-state index in [9.17, 15) is 8.42 Å². The van der Waals surface area contributed by atoms with Gasteiger partial charge in [0.25, 0.3) is 10.0 Å². The second kappa shape index (κ2) is 7.32. The zero-order valence-electron chi connectivity index (χ0n) is 14.6. The van der Waals surface area contributed by atoms with E-state index in [-0.39, 0.29) is 4.90 Å². The van der Waals surface area contributed by atoms with E-state index in [0.29, 0.717) is 11.4 Å². The Morgan fingerprint density at radius 2 is 1.81 bits per heavy atom. The maximum Gasteiger partial charge on any atom is 0.263 e. The van der Waals surface area contributed by atoms with Gasteiger partial charge in [0.2, 0.25) is 0 Å². The van der Waals surface area contributed by atoms with Crippen molar-refractivity contribution in [2.24, 2.45) is 0 Å². The molecule has 0 unspecified atom stereocenters. The van der Waals surface area contributed by atoms with Crippen LogP contribution in [0.3, 0.4) is 0 Å². The van der Waals surface area contributed by atoms with E-state index < -0.39 is 10.0 Å². The Labute approximate surface area is 158 Å². The number of hydrogen-bond donors (Lipinski definition) is 1. The van der Waals surface area contributed by atoms with E-state index in [0.717, 1.165) is 24.5 Å². The third kappa shape index (κ3) is 3.90. The predicted octanol–water partition coefficient (Wildman–Crippen LogP) is 2.94. The number of pyridine rings is 1. The molecule has 1 aliphatic rings. The van der Waals surface area contributed by atoms with Gasteiger partial charge >= 0.3 is 0 Å². The smallest absolute Gasteiger partial charge is 0.263 e. The van der Waals surface area contributed by atoms with Gasteiger partial charge in [0, 0.05) is 36.7 Å². The Morgan fingerprint density at radius 3 is 2.52 bits per heavy atom. The highest BCUT2D eigenvalue weighted by atomic mass is 32.2. The molecule has 0 amide bonds. The van der Waals surface area contributed by atoms with E-state index in [1.165, 1.54) is 31.3 Å². The summed E-state index contributed by atoms with van der Waals surface area (Å²) in [7, 11) is -3.69. The number of hydrogen-bond acceptors (Lipinski definition) is 6. The van der Waals surface area contributed by atoms with Crippen LogP contribution in [0.4, 0.5) is 11.5 Å². The summed E-state index contributed by atoms with van der Waals surface area (Å²) in [6.45, 7) is 2.03. The molecule has 1 N–H and O–H groups in total. The van der Waals surface area contributed by atoms with Crippen molar-refractivity contribution < 1.29 is 8.42 Å². The minimum atomic E-state index is -3.69. The van der Waals surface area contributed by atoms with Crippen molar-refractivity contribution in [1.82, 2.24) is 15.2 Å². The van der Waals surface area contributed by atoms with Gasteiger partial charge in [-0.25, -0.2) is 8.42 Å². The largest absolute Gasteiger partial charge is 0.355 e. The predicted molar refractivity (Wildman–Crippen MR) is 104 cm³/mol. The van der Waals surface area contributed by atoms with E-state index in [4.69, 9.17) is 0 Å². The van der Waals surface area contributed by atoms with Crippen molar-refractivity contribution >= 4 is 21.5 Å². The second-order valence-electron chi connectivity index (χ2n) is 6.35. The van der Waals surface area contributed by atoms with Gasteiger partial charge in [0.05, 0.1) is 5.69 Å². The molecule has 0 bridgehead atoms. The normalized spacial score (nSPS) is 14.3. The number of rotatable bonds is 5. The van der Waals surface area contributed by atoms with Crippen LogP contribution in [0.25, 0.3) is 11.3 Å². The molecule has 3 heterocycles. The molecule has 0 atom stereocenters. The van der Waals surface area contributed by atoms with Crippen molar-refractivity contribution in [3.8, 4) is 11.3 Å². The summed E-state index contributed by atoms with van der Waals surface area (Å²) in [4.78, 5) is 6.19. The van der Waals surface area contributed by atoms with Crippen molar-refractivity contribution in [2.45, 2.75) is 17.7 Å². The first-order chi connectivity index (χ1) is 13.1. The highest BCUT2D eigenvalue weighted by molar-refractivity contribution is 7.92. The van der Waals surface area contributed by atoms with Crippen LogP contribution in [0.5, 0.6) is 0 Å². The molecule has 1 saturated heterocycles. The van der Waals surface area contributed by atoms with E-state index >= 15 is 0 Å². The third-order valence-electron chi connectivity index (χ3n) is 4.44. The third-order valence-corrected chi connectivity index (χ3v) is 5.80. The van der Waals surface area contributed by atoms with Crippen molar-refractivity contribution in [2.75, 3.05) is 22.7 Å². The summed E-state index contributed by atoms with van der Waals surface area (Å²) in [5.41, 5.74) is 1.95. The van der Waals surface area contributed by atoms with Gasteiger partial charge in [-0.15, -0.1) is 10.2 Å². The topological polar surface area (TPSA) is 88.1 Å². The van der Waals surface area contributed by atoms with Gasteiger partial charge in [0.15, 0.2) is 5.82 Å². The number of nitrogens with one attached hydrogen (secondary N) is 1. The average molecular weight is 381 g/mol. The van der Waals surface area contributed by atoms with Crippen LogP contribution in [0, 0.1) is 0 Å². The van der Waals surface area contributed by atoms with Crippen LogP contribution in [0.15, 0.2) is 65.8 Å². The lowest BCUT2D eigenvalue weighted by molar-refractivity contribution is 0.601. The molecule has 1 aromatic carbocycles. The molecule has 3 aromatic rings. The van der Waals surface area contributed by atoms with Crippen LogP contribution in [0.1, 0.15) is 12.8 Å². The SMILES string of the molecule is O=S(=O)(Nc1cccc(-c2ccc(N3CCCC3)nn2)c1)c1cccnc1. The molecular formula is C19H19N5O2S. The summed E-state index contributed by atoms with van der Waals surface area (Å²) in [5.74, 6) is 0.879. The van der Waals surface area contributed by atoms with Gasteiger partial charge in [-0.1, -0.05) is 12.1 Å². The summed E-state index contributed by atoms with van der Waals surface area (Å²) in [6.07, 6.45) is 5.21. The van der Waals surface area contributed by atoms with Crippen LogP contribution < -0.4 is 9.62 Å². The maximum atomic E-state index is 12.5. The minimum absolute atomic E-state index is 0.116. The highest BCUT2D eigenvalue weighted by Crippen LogP contribution is 2.24. The Balaban J connectivity index is 1.55. The molecule has 2 aromatic heterocycles. The number of aromatic nitrogens is 3. The van der Waals surface area contributed by atoms with Crippen molar-refractivity contribution in [3.05, 3.63) is 60.9 Å². The molecule has 138 valence electrons. The molecule has 1 fully saturated rings. The van der Waals surface area contributed by atoms with E-state index in [1.807, 2.05) is 18.2 Å². The lowest BCUT2D eigenvalue weighted by Crippen LogP contribution is -2.19. The van der Waals surface area contributed by atoms with Gasteiger partial charge < -0.3 is 4.90 Å². The molecule has 0 saturated carbocycles. The number of nitrogens with zero attached hydrogens (tertiary/aromatic N) is 4. The molecule has 4 rings (SSSR count). The van der Waals surface area contributed by atoms with Gasteiger partial charge in [0.1, 0.15) is 4.90 Å². The lowest BCUT2D eigenvalue weighted by Gasteiger charge is -2.15. The monoisotopic (exact) mass is 381 g/mol. The summed E-state index contributed by atoms with van der Waals surface area (Å²) < 4.78 is 27.5. The van der Waals surface area contributed by atoms with E-state index in [2.05, 4.69) is 24.8 Å². The average Bonchev–Trinajstić information content (AvgIpc) is 3.24. The fourth-order valence-corrected chi connectivity index (χ4v) is 4.07. The number of benzene rings is 1. The van der Waals surface area contributed by atoms with Gasteiger partial charge in [-0.2, -0.15) is 0 Å². The first-order valence-corrected chi connectivity index (χ1v) is 10.2. The van der Waals surface area contributed by atoms with Crippen LogP contribution in [-0.4, -0.2) is 36.7 Å². The Bertz CT molecular complexity index is 1020. The standard InChI is InChI=1S/C19H19N5O2S/c25-27(26,17-7-4-10-20-14-17)23-16-6-3-5-15(13-16)18-8-9-19(22-21-18)24-11-1-2-12-24/h3-10,13-14,23H,1-2,11-12H2. The quantitative estimate of drug-likeness (QED) is 0.731. The zero-order valence-corrected chi connectivity index (χ0v) is 15.4. The number of anilines is 2. The van der Waals surface area contributed by atoms with Crippen molar-refractivity contribution in [3.63, 3.8) is 0 Å². The lowest BCUT2D eigenvalue weighted by atomic mass is 10.1. The van der Waals surface area contributed by atoms with Gasteiger partial charge in [-0.3, -0.25) is 9.71 Å². The Kier molecular flexibility index (Phi) is 4.72. The first-order valence-electron chi connectivity index (χ1n) is 8.74.